The Kier molecular flexibility index (Phi) is 16.8. The molecule has 0 aliphatic carbocycles. The molecule has 0 bridgehead atoms. The third-order valence-corrected chi connectivity index (χ3v) is 9.19. The highest BCUT2D eigenvalue weighted by Gasteiger charge is 2.33. The van der Waals surface area contributed by atoms with Crippen molar-refractivity contribution in [2.75, 3.05) is 45.8 Å². The van der Waals surface area contributed by atoms with Gasteiger partial charge in [0.1, 0.15) is 6.04 Å². The van der Waals surface area contributed by atoms with Gasteiger partial charge in [-0.2, -0.15) is 0 Å². The van der Waals surface area contributed by atoms with E-state index in [4.69, 9.17) is 11.6 Å². The highest BCUT2D eigenvalue weighted by Crippen LogP contribution is 2.24. The van der Waals surface area contributed by atoms with Crippen molar-refractivity contribution >= 4 is 60.6 Å². The van der Waals surface area contributed by atoms with Crippen molar-refractivity contribution in [3.05, 3.63) is 106 Å². The fraction of sp³-hybridized carbons (Fsp3) is 0.429. The number of piperazine rings is 1. The molecule has 3 aromatic rings. The molecule has 2 amide bonds. The first kappa shape index (κ1) is 39.8. The van der Waals surface area contributed by atoms with Gasteiger partial charge in [-0.25, -0.2) is 0 Å². The first-order chi connectivity index (χ1) is 20.9. The molecule has 2 N–H and O–H groups in total. The first-order valence-corrected chi connectivity index (χ1v) is 16.0. The molecule has 0 saturated carbocycles. The lowest BCUT2D eigenvalue weighted by Crippen LogP contribution is -2.58. The molecule has 2 heterocycles. The predicted octanol–water partition coefficient (Wildman–Crippen LogP) is 5.57. The number of hydrogen-bond donors (Lipinski definition) is 2. The number of hydrogen-bond acceptors (Lipinski definition) is 5. The standard InChI is InChI=1S/C35H44ClN5O2.3ClH/c1-3-39(4-2)25-33(27-10-6-5-7-11-27)40-18-20-41(21-19-40)35(43)32(22-26-14-16-30(36)17-15-26)38-34(42)31-23-28-12-8-9-13-29(28)24-37-31;;;/h5-17,31-33,37H,3-4,18-25H2,1-2H3,(H,38,42);3*1H/t31-,32-,33-;;;/m1.../s1. The number of rotatable bonds is 11. The molecular weight excluding hydrogens is 664 g/mol. The van der Waals surface area contributed by atoms with Crippen LogP contribution in [0.3, 0.4) is 0 Å². The van der Waals surface area contributed by atoms with Crippen LogP contribution < -0.4 is 10.6 Å². The average Bonchev–Trinajstić information content (AvgIpc) is 3.06. The van der Waals surface area contributed by atoms with Gasteiger partial charge in [-0.1, -0.05) is 92.2 Å². The van der Waals surface area contributed by atoms with Gasteiger partial charge in [0.2, 0.25) is 11.8 Å². The van der Waals surface area contributed by atoms with Crippen molar-refractivity contribution in [1.29, 1.82) is 0 Å². The fourth-order valence-corrected chi connectivity index (χ4v) is 6.40. The SMILES string of the molecule is CCN(CC)C[C@H](c1ccccc1)N1CCN(C(=O)[C@@H](Cc2ccc(Cl)cc2)NC(=O)[C@H]2Cc3ccccc3CN2)CC1.Cl.Cl.Cl. The summed E-state index contributed by atoms with van der Waals surface area (Å²) in [4.78, 5) is 34.5. The average molecular weight is 712 g/mol. The van der Waals surface area contributed by atoms with E-state index in [1.54, 1.807) is 0 Å². The second-order valence-electron chi connectivity index (χ2n) is 11.6. The molecule has 2 aliphatic heterocycles. The number of fused-ring (bicyclic) bond motifs is 1. The zero-order chi connectivity index (χ0) is 30.2. The monoisotopic (exact) mass is 709 g/mol. The minimum atomic E-state index is -0.653. The first-order valence-electron chi connectivity index (χ1n) is 15.6. The van der Waals surface area contributed by atoms with Gasteiger partial charge in [0, 0.05) is 56.8 Å². The van der Waals surface area contributed by atoms with Gasteiger partial charge < -0.3 is 20.4 Å². The summed E-state index contributed by atoms with van der Waals surface area (Å²) in [6.45, 7) is 10.9. The van der Waals surface area contributed by atoms with Crippen LogP contribution in [0.2, 0.25) is 5.02 Å². The Balaban J connectivity index is 0.00000245. The van der Waals surface area contributed by atoms with E-state index in [0.717, 1.165) is 38.3 Å². The minimum Gasteiger partial charge on any atom is -0.343 e. The largest absolute Gasteiger partial charge is 0.343 e. The third-order valence-electron chi connectivity index (χ3n) is 8.94. The van der Waals surface area contributed by atoms with Crippen molar-refractivity contribution in [2.24, 2.45) is 0 Å². The van der Waals surface area contributed by atoms with Crippen LogP contribution in [0.25, 0.3) is 0 Å². The van der Waals surface area contributed by atoms with E-state index in [2.05, 4.69) is 76.7 Å². The van der Waals surface area contributed by atoms with Crippen LogP contribution in [-0.2, 0) is 29.0 Å². The van der Waals surface area contributed by atoms with E-state index in [0.29, 0.717) is 37.5 Å². The summed E-state index contributed by atoms with van der Waals surface area (Å²) in [5, 5.41) is 7.14. The Labute approximate surface area is 297 Å². The summed E-state index contributed by atoms with van der Waals surface area (Å²) in [6.07, 6.45) is 1.02. The zero-order valence-electron chi connectivity index (χ0n) is 26.6. The van der Waals surface area contributed by atoms with Gasteiger partial charge in [0.25, 0.3) is 0 Å². The molecule has 5 rings (SSSR count). The van der Waals surface area contributed by atoms with Crippen LogP contribution in [0.15, 0.2) is 78.9 Å². The van der Waals surface area contributed by atoms with Crippen molar-refractivity contribution in [3.63, 3.8) is 0 Å². The third kappa shape index (κ3) is 10.3. The molecule has 1 fully saturated rings. The molecule has 1 saturated heterocycles. The number of carbonyl (C=O) groups excluding carboxylic acids is 2. The van der Waals surface area contributed by atoms with E-state index >= 15 is 0 Å². The fourth-order valence-electron chi connectivity index (χ4n) is 6.28. The number of nitrogens with zero attached hydrogens (tertiary/aromatic N) is 3. The second-order valence-corrected chi connectivity index (χ2v) is 12.0. The molecule has 0 spiro atoms. The molecule has 11 heteroatoms. The topological polar surface area (TPSA) is 67.9 Å². The predicted molar refractivity (Wildman–Crippen MR) is 195 cm³/mol. The molecule has 46 heavy (non-hydrogen) atoms. The van der Waals surface area contributed by atoms with E-state index < -0.39 is 6.04 Å². The van der Waals surface area contributed by atoms with Crippen molar-refractivity contribution in [2.45, 2.75) is 51.4 Å². The summed E-state index contributed by atoms with van der Waals surface area (Å²) in [5.74, 6) is -0.164. The molecule has 252 valence electrons. The molecule has 0 radical (unpaired) electrons. The van der Waals surface area contributed by atoms with Crippen LogP contribution in [0.5, 0.6) is 0 Å². The van der Waals surface area contributed by atoms with Crippen molar-refractivity contribution < 1.29 is 9.59 Å². The molecule has 0 unspecified atom stereocenters. The van der Waals surface area contributed by atoms with Crippen LogP contribution in [0.4, 0.5) is 0 Å². The summed E-state index contributed by atoms with van der Waals surface area (Å²) >= 11 is 6.13. The van der Waals surface area contributed by atoms with E-state index in [-0.39, 0.29) is 61.1 Å². The Bertz CT molecular complexity index is 1350. The van der Waals surface area contributed by atoms with Crippen molar-refractivity contribution in [1.82, 2.24) is 25.3 Å². The van der Waals surface area contributed by atoms with Gasteiger partial charge in [-0.05, 0) is 53.9 Å². The molecule has 7 nitrogen and oxygen atoms in total. The number of halogens is 4. The Hall–Kier alpha value is -2.36. The Morgan fingerprint density at radius 3 is 2.11 bits per heavy atom. The van der Waals surface area contributed by atoms with Crippen LogP contribution in [-0.4, -0.2) is 84.4 Å². The summed E-state index contributed by atoms with van der Waals surface area (Å²) < 4.78 is 0. The number of amides is 2. The highest BCUT2D eigenvalue weighted by molar-refractivity contribution is 6.30. The molecular formula is C35H47Cl4N5O2. The number of likely N-dealkylation sites (N-methyl/N-ethyl adjacent to an activating group) is 1. The van der Waals surface area contributed by atoms with Crippen LogP contribution >= 0.6 is 48.8 Å². The molecule has 3 atom stereocenters. The van der Waals surface area contributed by atoms with Gasteiger partial charge in [-0.3, -0.25) is 14.5 Å². The van der Waals surface area contributed by atoms with E-state index in [1.807, 2.05) is 41.3 Å². The van der Waals surface area contributed by atoms with Gasteiger partial charge in [0.15, 0.2) is 0 Å². The Morgan fingerprint density at radius 2 is 1.48 bits per heavy atom. The quantitative estimate of drug-likeness (QED) is 0.272. The maximum atomic E-state index is 14.0. The zero-order valence-corrected chi connectivity index (χ0v) is 29.8. The van der Waals surface area contributed by atoms with Gasteiger partial charge >= 0.3 is 0 Å². The smallest absolute Gasteiger partial charge is 0.245 e. The highest BCUT2D eigenvalue weighted by atomic mass is 35.5. The second kappa shape index (κ2) is 19.5. The van der Waals surface area contributed by atoms with Crippen molar-refractivity contribution in [3.8, 4) is 0 Å². The number of nitrogens with one attached hydrogen (secondary N) is 2. The van der Waals surface area contributed by atoms with Crippen LogP contribution in [0, 0.1) is 0 Å². The molecule has 2 aliphatic rings. The Morgan fingerprint density at radius 1 is 0.870 bits per heavy atom. The maximum Gasteiger partial charge on any atom is 0.245 e. The number of carbonyl (C=O) groups is 2. The normalized spacial score (nSPS) is 17.4. The summed E-state index contributed by atoms with van der Waals surface area (Å²) in [5.41, 5.74) is 4.67. The summed E-state index contributed by atoms with van der Waals surface area (Å²) in [6, 6.07) is 25.7. The lowest BCUT2D eigenvalue weighted by atomic mass is 9.95. The lowest BCUT2D eigenvalue weighted by Gasteiger charge is -2.42. The van der Waals surface area contributed by atoms with Crippen LogP contribution in [0.1, 0.15) is 42.1 Å². The maximum absolute atomic E-state index is 14.0. The van der Waals surface area contributed by atoms with Gasteiger partial charge in [-0.15, -0.1) is 37.2 Å². The number of benzene rings is 3. The molecule has 0 aromatic heterocycles. The van der Waals surface area contributed by atoms with E-state index in [1.165, 1.54) is 16.7 Å². The summed E-state index contributed by atoms with van der Waals surface area (Å²) in [7, 11) is 0. The molecule has 3 aromatic carbocycles. The minimum absolute atomic E-state index is 0. The van der Waals surface area contributed by atoms with Gasteiger partial charge in [0.05, 0.1) is 6.04 Å². The van der Waals surface area contributed by atoms with E-state index in [9.17, 15) is 9.59 Å². The lowest BCUT2D eigenvalue weighted by molar-refractivity contribution is -0.138.